The Bertz CT molecular complexity index is 825. The summed E-state index contributed by atoms with van der Waals surface area (Å²) in [5.74, 6) is 0.727. The van der Waals surface area contributed by atoms with E-state index in [0.717, 1.165) is 40.3 Å². The molecule has 0 radical (unpaired) electrons. The first-order valence-electron chi connectivity index (χ1n) is 10.3. The Kier molecular flexibility index (Phi) is 7.91. The Morgan fingerprint density at radius 1 is 1.11 bits per heavy atom. The monoisotopic (exact) mass is 491 g/mol. The third-order valence-corrected chi connectivity index (χ3v) is 6.65. The third-order valence-electron chi connectivity index (χ3n) is 5.72. The van der Waals surface area contributed by atoms with Crippen LogP contribution in [0, 0.1) is 3.57 Å². The van der Waals surface area contributed by atoms with E-state index in [1.54, 1.807) is 0 Å². The van der Waals surface area contributed by atoms with Crippen LogP contribution in [0.2, 0.25) is 0 Å². The highest BCUT2D eigenvalue weighted by atomic mass is 127. The van der Waals surface area contributed by atoms with Gasteiger partial charge in [-0.25, -0.2) is 0 Å². The maximum atomic E-state index is 9.42. The molecule has 1 fully saturated rings. The van der Waals surface area contributed by atoms with E-state index >= 15 is 0 Å². The van der Waals surface area contributed by atoms with Gasteiger partial charge >= 0.3 is 0 Å². The zero-order chi connectivity index (χ0) is 19.9. The number of hydrogen-bond donors (Lipinski definition) is 1. The molecule has 1 saturated carbocycles. The summed E-state index contributed by atoms with van der Waals surface area (Å²) in [7, 11) is 0. The van der Waals surface area contributed by atoms with Gasteiger partial charge < -0.3 is 9.94 Å². The van der Waals surface area contributed by atoms with Crippen molar-refractivity contribution in [2.75, 3.05) is 0 Å². The highest BCUT2D eigenvalue weighted by molar-refractivity contribution is 14.1. The topological polar surface area (TPSA) is 41.8 Å². The molecule has 0 spiro atoms. The van der Waals surface area contributed by atoms with Crippen molar-refractivity contribution in [2.24, 2.45) is 5.16 Å². The van der Waals surface area contributed by atoms with Crippen molar-refractivity contribution in [2.45, 2.75) is 71.5 Å². The summed E-state index contributed by atoms with van der Waals surface area (Å²) in [5, 5.41) is 13.7. The molecule has 0 amide bonds. The van der Waals surface area contributed by atoms with Crippen LogP contribution in [0.3, 0.4) is 0 Å². The predicted octanol–water partition coefficient (Wildman–Crippen LogP) is 6.33. The van der Waals surface area contributed by atoms with E-state index in [0.29, 0.717) is 6.61 Å². The van der Waals surface area contributed by atoms with Gasteiger partial charge in [-0.05, 0) is 94.6 Å². The molecule has 3 rings (SSSR count). The minimum Gasteiger partial charge on any atom is -0.392 e. The fraction of sp³-hybridized carbons (Fsp3) is 0.458. The minimum absolute atomic E-state index is 0.0750. The van der Waals surface area contributed by atoms with Crippen LogP contribution in [-0.2, 0) is 24.5 Å². The normalized spacial score (nSPS) is 15.6. The predicted molar refractivity (Wildman–Crippen MR) is 124 cm³/mol. The molecule has 0 aromatic heterocycles. The number of aryl methyl sites for hydroxylation is 1. The van der Waals surface area contributed by atoms with Gasteiger partial charge in [0.05, 0.1) is 12.3 Å². The third kappa shape index (κ3) is 5.35. The van der Waals surface area contributed by atoms with Crippen molar-refractivity contribution in [1.82, 2.24) is 0 Å². The van der Waals surface area contributed by atoms with Gasteiger partial charge in [-0.2, -0.15) is 0 Å². The highest BCUT2D eigenvalue weighted by Crippen LogP contribution is 2.35. The molecule has 4 heteroatoms. The van der Waals surface area contributed by atoms with E-state index in [9.17, 15) is 5.11 Å². The van der Waals surface area contributed by atoms with Gasteiger partial charge in [-0.15, -0.1) is 0 Å². The Morgan fingerprint density at radius 2 is 1.89 bits per heavy atom. The highest BCUT2D eigenvalue weighted by Gasteiger charge is 2.17. The van der Waals surface area contributed by atoms with Crippen molar-refractivity contribution >= 4 is 28.3 Å². The number of benzene rings is 2. The van der Waals surface area contributed by atoms with E-state index in [-0.39, 0.29) is 6.61 Å². The van der Waals surface area contributed by atoms with Crippen molar-refractivity contribution in [3.8, 4) is 0 Å². The molecule has 3 nitrogen and oxygen atoms in total. The van der Waals surface area contributed by atoms with Crippen LogP contribution in [0.4, 0.5) is 0 Å². The van der Waals surface area contributed by atoms with Crippen LogP contribution < -0.4 is 0 Å². The number of rotatable bonds is 7. The average Bonchev–Trinajstić information content (AvgIpc) is 2.73. The van der Waals surface area contributed by atoms with Gasteiger partial charge in [0, 0.05) is 3.57 Å². The number of nitrogens with zero attached hydrogens (tertiary/aromatic N) is 1. The maximum Gasteiger partial charge on any atom is 0.142 e. The standard InChI is InChI=1S/C24H30INO2/c1-3-19-14-21(10-11-22(19)15-27)17(2)26-28-16-18-9-12-23(24(25)13-18)20-7-5-4-6-8-20/h9-14,20,27H,3-8,15-16H2,1-2H3. The molecular formula is C24H30INO2. The summed E-state index contributed by atoms with van der Waals surface area (Å²) in [6.07, 6.45) is 7.65. The number of hydrogen-bond acceptors (Lipinski definition) is 3. The molecule has 150 valence electrons. The molecule has 2 aromatic carbocycles. The number of oxime groups is 1. The first kappa shape index (κ1) is 21.3. The second-order valence-electron chi connectivity index (χ2n) is 7.64. The largest absolute Gasteiger partial charge is 0.392 e. The molecule has 0 aliphatic heterocycles. The summed E-state index contributed by atoms with van der Waals surface area (Å²) < 4.78 is 1.35. The summed E-state index contributed by atoms with van der Waals surface area (Å²) in [4.78, 5) is 5.64. The Hall–Kier alpha value is -1.40. The van der Waals surface area contributed by atoms with Crippen molar-refractivity contribution in [3.05, 3.63) is 67.8 Å². The molecule has 0 heterocycles. The Balaban J connectivity index is 1.63. The summed E-state index contributed by atoms with van der Waals surface area (Å²) in [5.41, 5.74) is 6.68. The number of halogens is 1. The molecule has 1 N–H and O–H groups in total. The van der Waals surface area contributed by atoms with Gasteiger partial charge in [0.25, 0.3) is 0 Å². The maximum absolute atomic E-state index is 9.42. The average molecular weight is 491 g/mol. The lowest BCUT2D eigenvalue weighted by Gasteiger charge is -2.23. The van der Waals surface area contributed by atoms with E-state index in [2.05, 4.69) is 58.9 Å². The zero-order valence-corrected chi connectivity index (χ0v) is 19.0. The molecule has 1 aliphatic rings. The summed E-state index contributed by atoms with van der Waals surface area (Å²) in [6, 6.07) is 12.8. The molecule has 28 heavy (non-hydrogen) atoms. The van der Waals surface area contributed by atoms with Crippen LogP contribution in [0.5, 0.6) is 0 Å². The second-order valence-corrected chi connectivity index (χ2v) is 8.80. The molecular weight excluding hydrogens is 461 g/mol. The SMILES string of the molecule is CCc1cc(C(C)=NOCc2ccc(C3CCCCC3)c(I)c2)ccc1CO. The first-order chi connectivity index (χ1) is 13.6. The lowest BCUT2D eigenvalue weighted by atomic mass is 9.84. The quantitative estimate of drug-likeness (QED) is 0.279. The summed E-state index contributed by atoms with van der Waals surface area (Å²) in [6.45, 7) is 4.61. The van der Waals surface area contributed by atoms with E-state index < -0.39 is 0 Å². The van der Waals surface area contributed by atoms with E-state index in [4.69, 9.17) is 4.84 Å². The van der Waals surface area contributed by atoms with E-state index in [1.165, 1.54) is 41.2 Å². The molecule has 1 aliphatic carbocycles. The van der Waals surface area contributed by atoms with Gasteiger partial charge in [0.2, 0.25) is 0 Å². The van der Waals surface area contributed by atoms with Crippen LogP contribution in [0.25, 0.3) is 0 Å². The molecule has 0 saturated heterocycles. The fourth-order valence-electron chi connectivity index (χ4n) is 4.00. The number of aliphatic hydroxyl groups excluding tert-OH is 1. The summed E-state index contributed by atoms with van der Waals surface area (Å²) >= 11 is 2.47. The van der Waals surface area contributed by atoms with Crippen LogP contribution in [0.1, 0.15) is 79.7 Å². The lowest BCUT2D eigenvalue weighted by molar-refractivity contribution is 0.130. The van der Waals surface area contributed by atoms with Crippen molar-refractivity contribution < 1.29 is 9.94 Å². The Morgan fingerprint density at radius 3 is 2.57 bits per heavy atom. The zero-order valence-electron chi connectivity index (χ0n) is 16.9. The van der Waals surface area contributed by atoms with Gasteiger partial charge in [-0.1, -0.05) is 55.6 Å². The van der Waals surface area contributed by atoms with Crippen LogP contribution >= 0.6 is 22.6 Å². The second kappa shape index (κ2) is 10.4. The molecule has 0 bridgehead atoms. The first-order valence-corrected chi connectivity index (χ1v) is 11.4. The smallest absolute Gasteiger partial charge is 0.142 e. The van der Waals surface area contributed by atoms with Crippen LogP contribution in [-0.4, -0.2) is 10.8 Å². The van der Waals surface area contributed by atoms with Gasteiger partial charge in [0.1, 0.15) is 6.61 Å². The molecule has 2 aromatic rings. The van der Waals surface area contributed by atoms with Crippen molar-refractivity contribution in [3.63, 3.8) is 0 Å². The fourth-order valence-corrected chi connectivity index (χ4v) is 5.02. The Labute approximate surface area is 182 Å². The van der Waals surface area contributed by atoms with Gasteiger partial charge in [0.15, 0.2) is 0 Å². The lowest BCUT2D eigenvalue weighted by Crippen LogP contribution is -2.06. The van der Waals surface area contributed by atoms with E-state index in [1.807, 2.05) is 19.1 Å². The number of aliphatic hydroxyl groups is 1. The minimum atomic E-state index is 0.0750. The van der Waals surface area contributed by atoms with Crippen molar-refractivity contribution in [1.29, 1.82) is 0 Å². The van der Waals surface area contributed by atoms with Gasteiger partial charge in [-0.3, -0.25) is 0 Å². The molecule has 0 unspecified atom stereocenters. The molecule has 0 atom stereocenters. The van der Waals surface area contributed by atoms with Crippen LogP contribution in [0.15, 0.2) is 41.6 Å².